The molecule has 0 aliphatic rings. The van der Waals surface area contributed by atoms with Crippen molar-refractivity contribution in [1.82, 2.24) is 4.57 Å². The number of benzene rings is 1. The van der Waals surface area contributed by atoms with Crippen molar-refractivity contribution in [1.29, 1.82) is 0 Å². The van der Waals surface area contributed by atoms with Crippen LogP contribution >= 0.6 is 0 Å². The summed E-state index contributed by atoms with van der Waals surface area (Å²) in [5.41, 5.74) is 1.70. The van der Waals surface area contributed by atoms with E-state index in [9.17, 15) is 14.7 Å². The lowest BCUT2D eigenvalue weighted by Crippen LogP contribution is -2.23. The Morgan fingerprint density at radius 2 is 1.90 bits per heavy atom. The number of fused-ring (bicyclic) bond motifs is 1. The first-order chi connectivity index (χ1) is 9.75. The van der Waals surface area contributed by atoms with Gasteiger partial charge < -0.3 is 14.6 Å². The highest BCUT2D eigenvalue weighted by Gasteiger charge is 2.21. The van der Waals surface area contributed by atoms with E-state index < -0.39 is 5.97 Å². The van der Waals surface area contributed by atoms with E-state index in [0.717, 1.165) is 5.69 Å². The molecule has 0 spiro atoms. The van der Waals surface area contributed by atoms with Crippen LogP contribution in [0.1, 0.15) is 35.9 Å². The molecular formula is C16H20N2O3. The Morgan fingerprint density at radius 1 is 1.29 bits per heavy atom. The zero-order valence-corrected chi connectivity index (χ0v) is 13.0. The van der Waals surface area contributed by atoms with Gasteiger partial charge in [-0.1, -0.05) is 0 Å². The molecule has 0 saturated carbocycles. The van der Waals surface area contributed by atoms with E-state index in [0.29, 0.717) is 10.9 Å². The Morgan fingerprint density at radius 3 is 2.38 bits per heavy atom. The van der Waals surface area contributed by atoms with Crippen LogP contribution in [0.2, 0.25) is 0 Å². The third-order valence-electron chi connectivity index (χ3n) is 3.66. The van der Waals surface area contributed by atoms with Crippen LogP contribution in [-0.2, 0) is 0 Å². The number of carboxylic acid groups (broad SMARTS) is 1. The SMILES string of the molecule is Cc1c(C(=O)O)n(C(C)C)c2ccc(N(C)C)cc2c1=O. The van der Waals surface area contributed by atoms with E-state index in [4.69, 9.17) is 0 Å². The van der Waals surface area contributed by atoms with Crippen LogP contribution in [0.5, 0.6) is 0 Å². The molecule has 0 aliphatic carbocycles. The van der Waals surface area contributed by atoms with Gasteiger partial charge in [-0.25, -0.2) is 4.79 Å². The van der Waals surface area contributed by atoms with E-state index in [1.54, 1.807) is 11.5 Å². The summed E-state index contributed by atoms with van der Waals surface area (Å²) in [4.78, 5) is 26.0. The molecule has 5 heteroatoms. The number of rotatable bonds is 3. The molecule has 1 N–H and O–H groups in total. The fraction of sp³-hybridized carbons (Fsp3) is 0.375. The highest BCUT2D eigenvalue weighted by Crippen LogP contribution is 2.24. The largest absolute Gasteiger partial charge is 0.477 e. The lowest BCUT2D eigenvalue weighted by molar-refractivity contribution is 0.0682. The number of nitrogens with zero attached hydrogens (tertiary/aromatic N) is 2. The van der Waals surface area contributed by atoms with Crippen molar-refractivity contribution in [3.05, 3.63) is 39.7 Å². The number of hydrogen-bond acceptors (Lipinski definition) is 3. The molecule has 0 atom stereocenters. The van der Waals surface area contributed by atoms with Gasteiger partial charge in [0, 0.05) is 36.8 Å². The third kappa shape index (κ3) is 2.39. The topological polar surface area (TPSA) is 62.5 Å². The number of carbonyl (C=O) groups is 1. The predicted molar refractivity (Wildman–Crippen MR) is 84.6 cm³/mol. The van der Waals surface area contributed by atoms with E-state index in [1.165, 1.54) is 0 Å². The van der Waals surface area contributed by atoms with Gasteiger partial charge in [0.15, 0.2) is 5.43 Å². The standard InChI is InChI=1S/C16H20N2O3/c1-9(2)18-13-7-6-11(17(4)5)8-12(13)15(19)10(3)14(18)16(20)21/h6-9H,1-5H3,(H,20,21). The third-order valence-corrected chi connectivity index (χ3v) is 3.66. The van der Waals surface area contributed by atoms with E-state index >= 15 is 0 Å². The molecule has 0 saturated heterocycles. The van der Waals surface area contributed by atoms with Crippen LogP contribution in [0.3, 0.4) is 0 Å². The van der Waals surface area contributed by atoms with Crippen molar-refractivity contribution < 1.29 is 9.90 Å². The van der Waals surface area contributed by atoms with Crippen LogP contribution in [-0.4, -0.2) is 29.7 Å². The molecule has 1 heterocycles. The quantitative estimate of drug-likeness (QED) is 0.943. The van der Waals surface area contributed by atoms with E-state index in [2.05, 4.69) is 0 Å². The number of aromatic carboxylic acids is 1. The minimum Gasteiger partial charge on any atom is -0.477 e. The second kappa shape index (κ2) is 5.24. The summed E-state index contributed by atoms with van der Waals surface area (Å²) < 4.78 is 1.72. The molecule has 2 aromatic rings. The smallest absolute Gasteiger partial charge is 0.352 e. The van der Waals surface area contributed by atoms with Gasteiger partial charge in [0.1, 0.15) is 5.69 Å². The zero-order chi connectivity index (χ0) is 15.9. The van der Waals surface area contributed by atoms with Crippen LogP contribution in [0, 0.1) is 6.92 Å². The fourth-order valence-electron chi connectivity index (χ4n) is 2.60. The number of anilines is 1. The maximum Gasteiger partial charge on any atom is 0.352 e. The average Bonchev–Trinajstić information content (AvgIpc) is 2.41. The molecule has 1 aromatic carbocycles. The van der Waals surface area contributed by atoms with Crippen molar-refractivity contribution in [3.63, 3.8) is 0 Å². The molecular weight excluding hydrogens is 268 g/mol. The molecule has 112 valence electrons. The van der Waals surface area contributed by atoms with Gasteiger partial charge in [0.2, 0.25) is 0 Å². The lowest BCUT2D eigenvalue weighted by Gasteiger charge is -2.21. The number of pyridine rings is 1. The van der Waals surface area contributed by atoms with Gasteiger partial charge in [-0.15, -0.1) is 0 Å². The maximum absolute atomic E-state index is 12.5. The van der Waals surface area contributed by atoms with Crippen LogP contribution in [0.15, 0.2) is 23.0 Å². The Balaban J connectivity index is 3.01. The molecule has 0 unspecified atom stereocenters. The van der Waals surface area contributed by atoms with Gasteiger partial charge in [-0.2, -0.15) is 0 Å². The minimum atomic E-state index is -1.07. The second-order valence-electron chi connectivity index (χ2n) is 5.67. The molecule has 0 aliphatic heterocycles. The highest BCUT2D eigenvalue weighted by atomic mass is 16.4. The van der Waals surface area contributed by atoms with Gasteiger partial charge in [0.05, 0.1) is 5.52 Å². The van der Waals surface area contributed by atoms with Gasteiger partial charge in [-0.05, 0) is 39.0 Å². The van der Waals surface area contributed by atoms with E-state index in [-0.39, 0.29) is 22.7 Å². The second-order valence-corrected chi connectivity index (χ2v) is 5.67. The Kier molecular flexibility index (Phi) is 3.77. The summed E-state index contributed by atoms with van der Waals surface area (Å²) in [6.07, 6.45) is 0. The monoisotopic (exact) mass is 288 g/mol. The molecule has 0 bridgehead atoms. The van der Waals surface area contributed by atoms with Crippen molar-refractivity contribution in [2.45, 2.75) is 26.8 Å². The summed E-state index contributed by atoms with van der Waals surface area (Å²) in [7, 11) is 3.81. The van der Waals surface area contributed by atoms with Crippen molar-refractivity contribution in [2.75, 3.05) is 19.0 Å². The molecule has 0 fully saturated rings. The summed E-state index contributed by atoms with van der Waals surface area (Å²) in [6.45, 7) is 5.40. The summed E-state index contributed by atoms with van der Waals surface area (Å²) in [5.74, 6) is -1.07. The molecule has 0 radical (unpaired) electrons. The molecule has 0 amide bonds. The van der Waals surface area contributed by atoms with E-state index in [1.807, 2.05) is 51.0 Å². The van der Waals surface area contributed by atoms with Crippen molar-refractivity contribution >= 4 is 22.6 Å². The number of hydrogen-bond donors (Lipinski definition) is 1. The Labute approximate surface area is 123 Å². The maximum atomic E-state index is 12.5. The summed E-state index contributed by atoms with van der Waals surface area (Å²) >= 11 is 0. The van der Waals surface area contributed by atoms with Gasteiger partial charge in [-0.3, -0.25) is 4.79 Å². The van der Waals surface area contributed by atoms with Crippen molar-refractivity contribution in [3.8, 4) is 0 Å². The molecule has 2 rings (SSSR count). The Bertz CT molecular complexity index is 773. The van der Waals surface area contributed by atoms with Crippen molar-refractivity contribution in [2.24, 2.45) is 0 Å². The normalized spacial score (nSPS) is 11.1. The summed E-state index contributed by atoms with van der Waals surface area (Å²) in [5, 5.41) is 10.0. The molecule has 21 heavy (non-hydrogen) atoms. The lowest BCUT2D eigenvalue weighted by atomic mass is 10.1. The molecule has 1 aromatic heterocycles. The fourth-order valence-corrected chi connectivity index (χ4v) is 2.60. The first-order valence-corrected chi connectivity index (χ1v) is 6.85. The highest BCUT2D eigenvalue weighted by molar-refractivity contribution is 5.93. The minimum absolute atomic E-state index is 0.0527. The van der Waals surface area contributed by atoms with Crippen LogP contribution in [0.4, 0.5) is 5.69 Å². The zero-order valence-electron chi connectivity index (χ0n) is 13.0. The van der Waals surface area contributed by atoms with Crippen LogP contribution < -0.4 is 10.3 Å². The Hall–Kier alpha value is -2.30. The van der Waals surface area contributed by atoms with Crippen LogP contribution in [0.25, 0.3) is 10.9 Å². The number of aromatic nitrogens is 1. The first kappa shape index (κ1) is 15.1. The first-order valence-electron chi connectivity index (χ1n) is 6.85. The summed E-state index contributed by atoms with van der Waals surface area (Å²) in [6, 6.07) is 5.47. The van der Waals surface area contributed by atoms with Gasteiger partial charge in [0.25, 0.3) is 0 Å². The number of carboxylic acids is 1. The predicted octanol–water partition coefficient (Wildman–Crippen LogP) is 2.66. The van der Waals surface area contributed by atoms with Gasteiger partial charge >= 0.3 is 5.97 Å². The molecule has 5 nitrogen and oxygen atoms in total. The average molecular weight is 288 g/mol.